The molecule has 0 heterocycles. The van der Waals surface area contributed by atoms with E-state index in [1.807, 2.05) is 0 Å². The van der Waals surface area contributed by atoms with Gasteiger partial charge >= 0.3 is 0 Å². The maximum Gasteiger partial charge on any atom is -0.00200 e. The lowest BCUT2D eigenvalue weighted by atomic mass is 9.96. The maximum absolute atomic E-state index is 3.49. The number of hydrogen-bond donors (Lipinski definition) is 1. The average molecular weight is 219 g/mol. The fraction of sp³-hybridized carbons (Fsp3) is 0.600. The molecule has 1 aromatic carbocycles. The molecule has 0 aliphatic rings. The van der Waals surface area contributed by atoms with Gasteiger partial charge in [0.05, 0.1) is 0 Å². The van der Waals surface area contributed by atoms with E-state index in [0.717, 1.165) is 13.1 Å². The molecule has 0 aliphatic heterocycles. The molecular formula is C15H25N. The van der Waals surface area contributed by atoms with Gasteiger partial charge in [-0.2, -0.15) is 0 Å². The Kier molecular flexibility index (Phi) is 5.54. The molecule has 1 aromatic rings. The largest absolute Gasteiger partial charge is 0.316 e. The van der Waals surface area contributed by atoms with Crippen LogP contribution in [0.25, 0.3) is 0 Å². The van der Waals surface area contributed by atoms with Gasteiger partial charge in [0.15, 0.2) is 0 Å². The van der Waals surface area contributed by atoms with E-state index in [9.17, 15) is 0 Å². The quantitative estimate of drug-likeness (QED) is 0.722. The molecule has 1 nitrogen and oxygen atoms in total. The van der Waals surface area contributed by atoms with Crippen LogP contribution >= 0.6 is 0 Å². The van der Waals surface area contributed by atoms with E-state index < -0.39 is 0 Å². The van der Waals surface area contributed by atoms with Crippen molar-refractivity contribution in [3.8, 4) is 0 Å². The van der Waals surface area contributed by atoms with Crippen molar-refractivity contribution in [2.75, 3.05) is 13.1 Å². The van der Waals surface area contributed by atoms with Crippen LogP contribution in [0.3, 0.4) is 0 Å². The molecule has 90 valence electrons. The summed E-state index contributed by atoms with van der Waals surface area (Å²) in [5.41, 5.74) is 4.29. The van der Waals surface area contributed by atoms with E-state index in [1.165, 1.54) is 29.5 Å². The Balaban J connectivity index is 2.46. The molecule has 1 atom stereocenters. The minimum atomic E-state index is 0.716. The smallest absolute Gasteiger partial charge is 0.00200 e. The van der Waals surface area contributed by atoms with Crippen LogP contribution in [0.5, 0.6) is 0 Å². The lowest BCUT2D eigenvalue weighted by Crippen LogP contribution is -2.23. The topological polar surface area (TPSA) is 12.0 Å². The second kappa shape index (κ2) is 6.70. The summed E-state index contributed by atoms with van der Waals surface area (Å²) in [6.45, 7) is 11.2. The summed E-state index contributed by atoms with van der Waals surface area (Å²) in [4.78, 5) is 0. The van der Waals surface area contributed by atoms with Crippen LogP contribution < -0.4 is 5.32 Å². The van der Waals surface area contributed by atoms with Gasteiger partial charge in [-0.15, -0.1) is 0 Å². The standard InChI is InChI=1S/C15H25N/c1-5-8-16-11-13(3)10-15-7-6-12(2)9-14(15)4/h6-7,9,13,16H,5,8,10-11H2,1-4H3. The molecule has 0 aliphatic carbocycles. The zero-order valence-corrected chi connectivity index (χ0v) is 11.1. The highest BCUT2D eigenvalue weighted by Crippen LogP contribution is 2.14. The SMILES string of the molecule is CCCNCC(C)Cc1ccc(C)cc1C. The van der Waals surface area contributed by atoms with Crippen molar-refractivity contribution in [2.24, 2.45) is 5.92 Å². The minimum Gasteiger partial charge on any atom is -0.316 e. The molecule has 0 radical (unpaired) electrons. The Morgan fingerprint density at radius 2 is 2.00 bits per heavy atom. The van der Waals surface area contributed by atoms with E-state index in [-0.39, 0.29) is 0 Å². The third-order valence-electron chi connectivity index (χ3n) is 2.99. The van der Waals surface area contributed by atoms with Gasteiger partial charge in [-0.3, -0.25) is 0 Å². The van der Waals surface area contributed by atoms with Crippen LogP contribution in [0.2, 0.25) is 0 Å². The van der Waals surface area contributed by atoms with Gasteiger partial charge in [-0.1, -0.05) is 37.6 Å². The van der Waals surface area contributed by atoms with Crippen molar-refractivity contribution >= 4 is 0 Å². The zero-order valence-electron chi connectivity index (χ0n) is 11.1. The fourth-order valence-electron chi connectivity index (χ4n) is 2.05. The van der Waals surface area contributed by atoms with Gasteiger partial charge in [0, 0.05) is 0 Å². The molecule has 0 amide bonds. The van der Waals surface area contributed by atoms with E-state index >= 15 is 0 Å². The van der Waals surface area contributed by atoms with Crippen molar-refractivity contribution in [3.63, 3.8) is 0 Å². The molecule has 1 unspecified atom stereocenters. The van der Waals surface area contributed by atoms with Gasteiger partial charge in [0.1, 0.15) is 0 Å². The molecule has 0 spiro atoms. The highest BCUT2D eigenvalue weighted by molar-refractivity contribution is 5.30. The van der Waals surface area contributed by atoms with Gasteiger partial charge < -0.3 is 5.32 Å². The van der Waals surface area contributed by atoms with Crippen molar-refractivity contribution in [3.05, 3.63) is 34.9 Å². The predicted octanol–water partition coefficient (Wildman–Crippen LogP) is 3.48. The van der Waals surface area contributed by atoms with Crippen molar-refractivity contribution in [1.29, 1.82) is 0 Å². The minimum absolute atomic E-state index is 0.716. The molecule has 1 N–H and O–H groups in total. The Morgan fingerprint density at radius 3 is 2.62 bits per heavy atom. The van der Waals surface area contributed by atoms with Gasteiger partial charge in [0.25, 0.3) is 0 Å². The predicted molar refractivity (Wildman–Crippen MR) is 71.9 cm³/mol. The summed E-state index contributed by atoms with van der Waals surface area (Å²) in [7, 11) is 0. The Hall–Kier alpha value is -0.820. The molecule has 1 rings (SSSR count). The molecule has 0 bridgehead atoms. The Labute approximate surface area is 100 Å². The maximum atomic E-state index is 3.49. The zero-order chi connectivity index (χ0) is 12.0. The summed E-state index contributed by atoms with van der Waals surface area (Å²) < 4.78 is 0. The first-order valence-corrected chi connectivity index (χ1v) is 6.40. The third kappa shape index (κ3) is 4.36. The highest BCUT2D eigenvalue weighted by Gasteiger charge is 2.05. The second-order valence-electron chi connectivity index (χ2n) is 4.94. The normalized spacial score (nSPS) is 12.8. The summed E-state index contributed by atoms with van der Waals surface area (Å²) in [6, 6.07) is 6.77. The van der Waals surface area contributed by atoms with Gasteiger partial charge in [-0.05, 0) is 56.8 Å². The number of nitrogens with one attached hydrogen (secondary N) is 1. The van der Waals surface area contributed by atoms with Crippen LogP contribution in [0, 0.1) is 19.8 Å². The monoisotopic (exact) mass is 219 g/mol. The van der Waals surface area contributed by atoms with Gasteiger partial charge in [-0.25, -0.2) is 0 Å². The number of hydrogen-bond acceptors (Lipinski definition) is 1. The average Bonchev–Trinajstić information content (AvgIpc) is 2.23. The van der Waals surface area contributed by atoms with Crippen molar-refractivity contribution in [2.45, 2.75) is 40.5 Å². The number of rotatable bonds is 6. The summed E-state index contributed by atoms with van der Waals surface area (Å²) >= 11 is 0. The first kappa shape index (κ1) is 13.2. The van der Waals surface area contributed by atoms with E-state index in [1.54, 1.807) is 0 Å². The second-order valence-corrected chi connectivity index (χ2v) is 4.94. The Bertz CT molecular complexity index is 317. The first-order chi connectivity index (χ1) is 7.63. The Morgan fingerprint density at radius 1 is 1.25 bits per heavy atom. The van der Waals surface area contributed by atoms with Crippen LogP contribution in [0.15, 0.2) is 18.2 Å². The third-order valence-corrected chi connectivity index (χ3v) is 2.99. The lowest BCUT2D eigenvalue weighted by molar-refractivity contribution is 0.510. The molecule has 16 heavy (non-hydrogen) atoms. The van der Waals surface area contributed by atoms with E-state index in [4.69, 9.17) is 0 Å². The number of aryl methyl sites for hydroxylation is 2. The molecular weight excluding hydrogens is 194 g/mol. The summed E-state index contributed by atoms with van der Waals surface area (Å²) in [6.07, 6.45) is 2.40. The van der Waals surface area contributed by atoms with Crippen LogP contribution in [-0.4, -0.2) is 13.1 Å². The van der Waals surface area contributed by atoms with E-state index in [0.29, 0.717) is 5.92 Å². The molecule has 1 heteroatoms. The van der Waals surface area contributed by atoms with Crippen LogP contribution in [0.1, 0.15) is 37.0 Å². The summed E-state index contributed by atoms with van der Waals surface area (Å²) in [5, 5.41) is 3.49. The molecule has 0 aromatic heterocycles. The van der Waals surface area contributed by atoms with Crippen molar-refractivity contribution < 1.29 is 0 Å². The van der Waals surface area contributed by atoms with Crippen LogP contribution in [0.4, 0.5) is 0 Å². The molecule has 0 saturated heterocycles. The first-order valence-electron chi connectivity index (χ1n) is 6.40. The van der Waals surface area contributed by atoms with Crippen molar-refractivity contribution in [1.82, 2.24) is 5.32 Å². The van der Waals surface area contributed by atoms with Crippen LogP contribution in [-0.2, 0) is 6.42 Å². The molecule has 0 fully saturated rings. The van der Waals surface area contributed by atoms with Gasteiger partial charge in [0.2, 0.25) is 0 Å². The number of benzene rings is 1. The molecule has 0 saturated carbocycles. The van der Waals surface area contributed by atoms with E-state index in [2.05, 4.69) is 51.2 Å². The lowest BCUT2D eigenvalue weighted by Gasteiger charge is -2.14. The fourth-order valence-corrected chi connectivity index (χ4v) is 2.05. The summed E-state index contributed by atoms with van der Waals surface area (Å²) in [5.74, 6) is 0.716. The highest BCUT2D eigenvalue weighted by atomic mass is 14.8.